The second kappa shape index (κ2) is 9.55. The zero-order valence-corrected chi connectivity index (χ0v) is 20.3. The van der Waals surface area contributed by atoms with Crippen LogP contribution in [0.4, 0.5) is 0 Å². The Morgan fingerprint density at radius 2 is 1.97 bits per heavy atom. The minimum atomic E-state index is -0.731. The van der Waals surface area contributed by atoms with Crippen LogP contribution in [-0.4, -0.2) is 65.6 Å². The summed E-state index contributed by atoms with van der Waals surface area (Å²) in [5.41, 5.74) is 2.16. The van der Waals surface area contributed by atoms with Crippen molar-refractivity contribution in [2.75, 3.05) is 32.8 Å². The van der Waals surface area contributed by atoms with Crippen LogP contribution in [0.25, 0.3) is 0 Å². The summed E-state index contributed by atoms with van der Waals surface area (Å²) in [5, 5.41) is 10.4. The van der Waals surface area contributed by atoms with E-state index < -0.39 is 6.41 Å². The number of hydrogen-bond donors (Lipinski definition) is 1. The Bertz CT molecular complexity index is 843. The van der Waals surface area contributed by atoms with E-state index in [0.717, 1.165) is 106 Å². The molecular weight excluding hydrogens is 416 g/mol. The third-order valence-corrected chi connectivity index (χ3v) is 8.44. The Balaban J connectivity index is 0.995. The number of nitrogens with zero attached hydrogens (tertiary/aromatic N) is 2. The van der Waals surface area contributed by atoms with Crippen LogP contribution in [0.1, 0.15) is 63.0 Å². The Hall–Kier alpha value is -1.63. The van der Waals surface area contributed by atoms with E-state index in [1.54, 1.807) is 0 Å². The average Bonchev–Trinajstić information content (AvgIpc) is 3.67. The molecule has 2 aliphatic carbocycles. The number of carbonyl (C=O) groups excluding carboxylic acids is 1. The highest BCUT2D eigenvalue weighted by Gasteiger charge is 2.45. The van der Waals surface area contributed by atoms with Gasteiger partial charge in [-0.15, -0.1) is 0 Å². The summed E-state index contributed by atoms with van der Waals surface area (Å²) in [4.78, 5) is 16.3. The molecule has 1 amide bonds. The summed E-state index contributed by atoms with van der Waals surface area (Å²) in [6, 6.07) is 6.15. The first-order chi connectivity index (χ1) is 15.9. The lowest BCUT2D eigenvalue weighted by Crippen LogP contribution is -2.44. The third-order valence-electron chi connectivity index (χ3n) is 8.44. The summed E-state index contributed by atoms with van der Waals surface area (Å²) < 4.78 is 11.9. The van der Waals surface area contributed by atoms with Gasteiger partial charge in [0.25, 0.3) is 0 Å². The predicted octanol–water partition coefficient (Wildman–Crippen LogP) is 3.73. The molecule has 6 heteroatoms. The van der Waals surface area contributed by atoms with E-state index in [2.05, 4.69) is 30.9 Å². The monoisotopic (exact) mass is 456 g/mol. The van der Waals surface area contributed by atoms with Crippen molar-refractivity contribution in [3.05, 3.63) is 29.3 Å². The van der Waals surface area contributed by atoms with Crippen molar-refractivity contribution in [1.29, 1.82) is 0 Å². The molecule has 3 unspecified atom stereocenters. The highest BCUT2D eigenvalue weighted by atomic mass is 16.6. The number of ether oxygens (including phenoxy) is 2. The number of likely N-dealkylation sites (tertiary alicyclic amines) is 2. The molecule has 33 heavy (non-hydrogen) atoms. The van der Waals surface area contributed by atoms with Crippen LogP contribution < -0.4 is 4.74 Å². The number of aliphatic hydroxyl groups excluding tert-OH is 1. The molecular formula is C27H40N2O4. The Kier molecular flexibility index (Phi) is 6.69. The van der Waals surface area contributed by atoms with Gasteiger partial charge in [0.2, 0.25) is 12.3 Å². The van der Waals surface area contributed by atoms with Gasteiger partial charge in [-0.2, -0.15) is 0 Å². The lowest BCUT2D eigenvalue weighted by Gasteiger charge is -2.36. The van der Waals surface area contributed by atoms with E-state index in [9.17, 15) is 9.90 Å². The van der Waals surface area contributed by atoms with Crippen LogP contribution in [0, 0.1) is 24.7 Å². The highest BCUT2D eigenvalue weighted by molar-refractivity contribution is 5.79. The Labute approximate surface area is 198 Å². The van der Waals surface area contributed by atoms with Gasteiger partial charge in [-0.3, -0.25) is 9.69 Å². The molecule has 4 fully saturated rings. The van der Waals surface area contributed by atoms with E-state index in [-0.39, 0.29) is 11.5 Å². The van der Waals surface area contributed by atoms with Gasteiger partial charge >= 0.3 is 0 Å². The maximum Gasteiger partial charge on any atom is 0.227 e. The first kappa shape index (κ1) is 23.1. The average molecular weight is 457 g/mol. The summed E-state index contributed by atoms with van der Waals surface area (Å²) in [6.07, 6.45) is 7.79. The fourth-order valence-corrected chi connectivity index (χ4v) is 5.50. The van der Waals surface area contributed by atoms with Crippen molar-refractivity contribution in [3.8, 4) is 5.75 Å². The number of aryl methyl sites for hydroxylation is 1. The molecule has 0 bridgehead atoms. The van der Waals surface area contributed by atoms with Crippen molar-refractivity contribution in [1.82, 2.24) is 9.80 Å². The SMILES string of the molecule is Cc1cc(OCCC2CC2C2CCN(C(O)OC3(C)CC3)CC2)ccc1CC(=O)N1CCC1. The molecule has 2 heterocycles. The van der Waals surface area contributed by atoms with Gasteiger partial charge < -0.3 is 19.5 Å². The molecule has 0 radical (unpaired) electrons. The van der Waals surface area contributed by atoms with Crippen molar-refractivity contribution in [2.24, 2.45) is 17.8 Å². The maximum atomic E-state index is 12.2. The van der Waals surface area contributed by atoms with Gasteiger partial charge in [0.05, 0.1) is 18.6 Å². The molecule has 0 spiro atoms. The third kappa shape index (κ3) is 5.72. The first-order valence-corrected chi connectivity index (χ1v) is 13.0. The largest absolute Gasteiger partial charge is 0.494 e. The van der Waals surface area contributed by atoms with Gasteiger partial charge in [-0.1, -0.05) is 6.07 Å². The van der Waals surface area contributed by atoms with Crippen LogP contribution in [-0.2, 0) is 16.0 Å². The topological polar surface area (TPSA) is 62.2 Å². The summed E-state index contributed by atoms with van der Waals surface area (Å²) >= 11 is 0. The fourth-order valence-electron chi connectivity index (χ4n) is 5.50. The highest BCUT2D eigenvalue weighted by Crippen LogP contribution is 2.50. The molecule has 5 rings (SSSR count). The molecule has 0 aromatic heterocycles. The number of piperidine rings is 1. The van der Waals surface area contributed by atoms with E-state index in [0.29, 0.717) is 6.42 Å². The van der Waals surface area contributed by atoms with Crippen LogP contribution in [0.3, 0.4) is 0 Å². The van der Waals surface area contributed by atoms with Crippen LogP contribution in [0.2, 0.25) is 0 Å². The van der Waals surface area contributed by atoms with Crippen LogP contribution in [0.15, 0.2) is 18.2 Å². The van der Waals surface area contributed by atoms with Gasteiger partial charge in [-0.05, 0) is 99.8 Å². The molecule has 6 nitrogen and oxygen atoms in total. The van der Waals surface area contributed by atoms with E-state index >= 15 is 0 Å². The molecule has 1 N–H and O–H groups in total. The van der Waals surface area contributed by atoms with Crippen molar-refractivity contribution < 1.29 is 19.4 Å². The molecule has 1 aromatic rings. The Morgan fingerprint density at radius 1 is 1.21 bits per heavy atom. The minimum Gasteiger partial charge on any atom is -0.494 e. The molecule has 3 atom stereocenters. The normalized spacial score (nSPS) is 27.7. The Morgan fingerprint density at radius 3 is 2.61 bits per heavy atom. The fraction of sp³-hybridized carbons (Fsp3) is 0.741. The van der Waals surface area contributed by atoms with E-state index in [4.69, 9.17) is 9.47 Å². The number of amides is 1. The number of hydrogen-bond acceptors (Lipinski definition) is 5. The molecule has 2 saturated heterocycles. The van der Waals surface area contributed by atoms with Gasteiger partial charge in [0.15, 0.2) is 0 Å². The van der Waals surface area contributed by atoms with Gasteiger partial charge in [0, 0.05) is 26.2 Å². The molecule has 2 saturated carbocycles. The number of rotatable bonds is 10. The van der Waals surface area contributed by atoms with Crippen LogP contribution in [0.5, 0.6) is 5.75 Å². The zero-order chi connectivity index (χ0) is 23.0. The second-order valence-corrected chi connectivity index (χ2v) is 11.1. The van der Waals surface area contributed by atoms with Crippen molar-refractivity contribution in [2.45, 2.75) is 77.2 Å². The minimum absolute atomic E-state index is 0.0810. The number of carbonyl (C=O) groups is 1. The quantitative estimate of drug-likeness (QED) is 0.544. The second-order valence-electron chi connectivity index (χ2n) is 11.1. The zero-order valence-electron chi connectivity index (χ0n) is 20.3. The van der Waals surface area contributed by atoms with Gasteiger partial charge in [0.1, 0.15) is 5.75 Å². The smallest absolute Gasteiger partial charge is 0.227 e. The molecule has 2 aliphatic heterocycles. The molecule has 4 aliphatic rings. The first-order valence-electron chi connectivity index (χ1n) is 13.0. The van der Waals surface area contributed by atoms with Crippen molar-refractivity contribution in [3.63, 3.8) is 0 Å². The standard InChI is InChI=1S/C27H40N2O4/c1-19-16-23(5-4-21(19)18-25(30)28-11-3-12-28)32-15-8-22-17-24(22)20-6-13-29(14-7-20)26(31)33-27(2)9-10-27/h4-5,16,20,22,24,26,31H,3,6-15,17-18H2,1-2H3. The summed E-state index contributed by atoms with van der Waals surface area (Å²) in [5.74, 6) is 3.54. The molecule has 1 aromatic carbocycles. The number of benzene rings is 1. The van der Waals surface area contributed by atoms with E-state index in [1.165, 1.54) is 6.42 Å². The van der Waals surface area contributed by atoms with Crippen LogP contribution >= 0.6 is 0 Å². The molecule has 182 valence electrons. The summed E-state index contributed by atoms with van der Waals surface area (Å²) in [6.45, 7) is 8.62. The lowest BCUT2D eigenvalue weighted by atomic mass is 9.90. The lowest BCUT2D eigenvalue weighted by molar-refractivity contribution is -0.228. The number of aliphatic hydroxyl groups is 1. The summed E-state index contributed by atoms with van der Waals surface area (Å²) in [7, 11) is 0. The van der Waals surface area contributed by atoms with Crippen molar-refractivity contribution >= 4 is 5.91 Å². The predicted molar refractivity (Wildman–Crippen MR) is 127 cm³/mol. The maximum absolute atomic E-state index is 12.2. The van der Waals surface area contributed by atoms with Gasteiger partial charge in [-0.25, -0.2) is 0 Å². The van der Waals surface area contributed by atoms with E-state index in [1.807, 2.05) is 11.0 Å².